The molecule has 8 atom stereocenters. The number of aliphatic hydroxyl groups is 1. The molecule has 0 aliphatic heterocycles. The minimum absolute atomic E-state index is 0.0696. The topological polar surface area (TPSA) is 431 Å². The van der Waals surface area contributed by atoms with Gasteiger partial charge in [-0.2, -0.15) is 0 Å². The van der Waals surface area contributed by atoms with Crippen molar-refractivity contribution in [2.45, 2.75) is 108 Å². The van der Waals surface area contributed by atoms with E-state index in [1.54, 1.807) is 0 Å². The summed E-state index contributed by atoms with van der Waals surface area (Å²) >= 11 is 0. The number of carbonyl (C=O) groups excluding carboxylic acids is 9. The Bertz CT molecular complexity index is 1760. The smallest absolute Gasteiger partial charge is 0.326 e. The van der Waals surface area contributed by atoms with Gasteiger partial charge in [-0.1, -0.05) is 12.1 Å². The number of carboxylic acid groups (broad SMARTS) is 2. The van der Waals surface area contributed by atoms with Gasteiger partial charge in [0.05, 0.1) is 25.1 Å². The Morgan fingerprint density at radius 2 is 1.10 bits per heavy atom. The monoisotopic (exact) mass is 852 g/mol. The normalized spacial score (nSPS) is 14.8. The number of phenols is 1. The number of hydrogen-bond acceptors (Lipinski definition) is 14. The molecule has 1 aromatic rings. The van der Waals surface area contributed by atoms with E-state index < -0.39 is 152 Å². The number of nitrogens with one attached hydrogen (secondary N) is 7. The maximum absolute atomic E-state index is 13.5. The average molecular weight is 853 g/mol. The van der Waals surface area contributed by atoms with Crippen LogP contribution < -0.4 is 54.4 Å². The Morgan fingerprint density at radius 3 is 1.60 bits per heavy atom. The first-order valence-electron chi connectivity index (χ1n) is 18.2. The van der Waals surface area contributed by atoms with Gasteiger partial charge in [-0.15, -0.1) is 0 Å². The summed E-state index contributed by atoms with van der Waals surface area (Å²) in [5.74, 6) is -12.2. The molecule has 25 nitrogen and oxygen atoms in total. The third-order valence-electron chi connectivity index (χ3n) is 8.30. The summed E-state index contributed by atoms with van der Waals surface area (Å²) in [5.41, 5.74) is 16.4. The maximum Gasteiger partial charge on any atom is 0.326 e. The lowest BCUT2D eigenvalue weighted by Gasteiger charge is -2.26. The maximum atomic E-state index is 13.5. The molecule has 0 fully saturated rings. The molecule has 332 valence electrons. The van der Waals surface area contributed by atoms with Crippen LogP contribution in [0.4, 0.5) is 0 Å². The standard InChI is InChI=1S/C35H52N10O15/c1-15(36)29(53)43-22(12-18-4-6-19(47)7-5-18)32(56)41-20(8-10-24(37)48)31(55)45-28(17(3)46)34(58)39-14-26(50)40-16(2)30(54)44-23(13-27(51)52)33(57)42-21(35(59)60)9-11-25(38)49/h4-7,15-17,20-23,28,46-47H,8-14,36H2,1-3H3,(H2,37,48)(H2,38,49)(H,39,58)(H,40,50)(H,41,56)(H,42,57)(H,43,53)(H,44,54)(H,45,55)(H,51,52)(H,59,60)/t15-,16-,17+,20-,21-,22-,23-,28-/m0/s1. The van der Waals surface area contributed by atoms with Crippen molar-refractivity contribution in [2.75, 3.05) is 6.54 Å². The van der Waals surface area contributed by atoms with Crippen molar-refractivity contribution in [3.8, 4) is 5.75 Å². The molecule has 0 aliphatic rings. The Labute approximate surface area is 342 Å². The Hall–Kier alpha value is -6.89. The van der Waals surface area contributed by atoms with Crippen LogP contribution in [-0.2, 0) is 59.2 Å². The number of carbonyl (C=O) groups is 11. The lowest BCUT2D eigenvalue weighted by Crippen LogP contribution is -2.60. The Balaban J connectivity index is 3.03. The summed E-state index contributed by atoms with van der Waals surface area (Å²) in [5, 5.41) is 54.0. The molecule has 0 heterocycles. The molecular formula is C35H52N10O15. The van der Waals surface area contributed by atoms with Crippen LogP contribution >= 0.6 is 0 Å². The van der Waals surface area contributed by atoms with E-state index >= 15 is 0 Å². The van der Waals surface area contributed by atoms with E-state index in [2.05, 4.69) is 31.9 Å². The first-order valence-corrected chi connectivity index (χ1v) is 18.2. The highest BCUT2D eigenvalue weighted by Crippen LogP contribution is 2.12. The fraction of sp³-hybridized carbons (Fsp3) is 0.514. The molecule has 0 spiro atoms. The van der Waals surface area contributed by atoms with Gasteiger partial charge in [-0.3, -0.25) is 47.9 Å². The number of benzene rings is 1. The third kappa shape index (κ3) is 19.0. The molecular weight excluding hydrogens is 800 g/mol. The highest BCUT2D eigenvalue weighted by molar-refractivity contribution is 5.97. The van der Waals surface area contributed by atoms with Crippen molar-refractivity contribution in [3.05, 3.63) is 29.8 Å². The molecule has 9 amide bonds. The van der Waals surface area contributed by atoms with Crippen LogP contribution in [0.5, 0.6) is 5.75 Å². The molecule has 0 radical (unpaired) electrons. The molecule has 25 heteroatoms. The number of aromatic hydroxyl groups is 1. The molecule has 0 aliphatic carbocycles. The number of rotatable bonds is 26. The second-order valence-corrected chi connectivity index (χ2v) is 13.6. The highest BCUT2D eigenvalue weighted by Gasteiger charge is 2.33. The lowest BCUT2D eigenvalue weighted by molar-refractivity contribution is -0.144. The number of phenolic OH excluding ortho intramolecular Hbond substituents is 1. The molecule has 0 saturated carbocycles. The van der Waals surface area contributed by atoms with Crippen LogP contribution in [0.3, 0.4) is 0 Å². The predicted octanol–water partition coefficient (Wildman–Crippen LogP) is -6.20. The lowest BCUT2D eigenvalue weighted by atomic mass is 10.0. The van der Waals surface area contributed by atoms with Crippen LogP contribution in [-0.4, -0.2) is 140 Å². The van der Waals surface area contributed by atoms with Crippen molar-refractivity contribution in [2.24, 2.45) is 17.2 Å². The zero-order valence-corrected chi connectivity index (χ0v) is 32.9. The van der Waals surface area contributed by atoms with Crippen molar-refractivity contribution in [1.82, 2.24) is 37.2 Å². The quantitative estimate of drug-likeness (QED) is 0.0412. The fourth-order valence-electron chi connectivity index (χ4n) is 5.00. The Kier molecular flexibility index (Phi) is 21.1. The first-order chi connectivity index (χ1) is 27.9. The summed E-state index contributed by atoms with van der Waals surface area (Å²) in [4.78, 5) is 136. The van der Waals surface area contributed by atoms with Gasteiger partial charge in [0.15, 0.2) is 0 Å². The van der Waals surface area contributed by atoms with Gasteiger partial charge in [-0.05, 0) is 51.3 Å². The van der Waals surface area contributed by atoms with Crippen LogP contribution in [0.25, 0.3) is 0 Å². The first kappa shape index (κ1) is 51.1. The second-order valence-electron chi connectivity index (χ2n) is 13.6. The van der Waals surface area contributed by atoms with E-state index in [0.29, 0.717) is 5.56 Å². The van der Waals surface area contributed by atoms with Gasteiger partial charge in [0, 0.05) is 19.3 Å². The number of aliphatic carboxylic acids is 2. The highest BCUT2D eigenvalue weighted by atomic mass is 16.4. The SMILES string of the molecule is C[C@H](N)C(=O)N[C@@H](Cc1ccc(O)cc1)C(=O)N[C@@H](CCC(N)=O)C(=O)N[C@H](C(=O)NCC(=O)N[C@@H](C)C(=O)N[C@@H](CC(=O)O)C(=O)N[C@@H](CCC(N)=O)C(=O)O)[C@@H](C)O. The van der Waals surface area contributed by atoms with Gasteiger partial charge in [-0.25, -0.2) is 4.79 Å². The van der Waals surface area contributed by atoms with Gasteiger partial charge in [0.2, 0.25) is 53.2 Å². The largest absolute Gasteiger partial charge is 0.508 e. The van der Waals surface area contributed by atoms with Crippen molar-refractivity contribution >= 4 is 65.1 Å². The number of amides is 9. The third-order valence-corrected chi connectivity index (χ3v) is 8.30. The van der Waals surface area contributed by atoms with Gasteiger partial charge in [0.1, 0.15) is 42.0 Å². The van der Waals surface area contributed by atoms with Crippen molar-refractivity contribution < 1.29 is 73.2 Å². The van der Waals surface area contributed by atoms with Crippen LogP contribution in [0, 0.1) is 0 Å². The number of primary amides is 2. The zero-order valence-electron chi connectivity index (χ0n) is 32.9. The van der Waals surface area contributed by atoms with E-state index in [1.807, 2.05) is 5.32 Å². The summed E-state index contributed by atoms with van der Waals surface area (Å²) in [7, 11) is 0. The van der Waals surface area contributed by atoms with Crippen LogP contribution in [0.15, 0.2) is 24.3 Å². The van der Waals surface area contributed by atoms with Gasteiger partial charge >= 0.3 is 11.9 Å². The van der Waals surface area contributed by atoms with E-state index in [4.69, 9.17) is 17.2 Å². The van der Waals surface area contributed by atoms with Crippen LogP contribution in [0.1, 0.15) is 58.4 Å². The average Bonchev–Trinajstić information content (AvgIpc) is 3.15. The molecule has 1 aromatic carbocycles. The van der Waals surface area contributed by atoms with Gasteiger partial charge in [0.25, 0.3) is 0 Å². The number of hydrogen-bond donors (Lipinski definition) is 14. The van der Waals surface area contributed by atoms with E-state index in [9.17, 15) is 73.2 Å². The number of nitrogens with two attached hydrogens (primary N) is 3. The van der Waals surface area contributed by atoms with E-state index in [1.165, 1.54) is 31.2 Å². The molecule has 0 bridgehead atoms. The summed E-state index contributed by atoms with van der Waals surface area (Å²) < 4.78 is 0. The second kappa shape index (κ2) is 24.8. The summed E-state index contributed by atoms with van der Waals surface area (Å²) in [6, 6.07) is -5.09. The molecule has 0 unspecified atom stereocenters. The molecule has 60 heavy (non-hydrogen) atoms. The molecule has 17 N–H and O–H groups in total. The summed E-state index contributed by atoms with van der Waals surface area (Å²) in [6.07, 6.45) is -4.49. The predicted molar refractivity (Wildman–Crippen MR) is 204 cm³/mol. The van der Waals surface area contributed by atoms with E-state index in [-0.39, 0.29) is 12.2 Å². The minimum atomic E-state index is -1.84. The van der Waals surface area contributed by atoms with Crippen molar-refractivity contribution in [1.29, 1.82) is 0 Å². The van der Waals surface area contributed by atoms with Crippen LogP contribution in [0.2, 0.25) is 0 Å². The van der Waals surface area contributed by atoms with E-state index in [0.717, 1.165) is 13.8 Å². The fourth-order valence-corrected chi connectivity index (χ4v) is 5.00. The number of aliphatic hydroxyl groups excluding tert-OH is 1. The van der Waals surface area contributed by atoms with Crippen molar-refractivity contribution in [3.63, 3.8) is 0 Å². The Morgan fingerprint density at radius 1 is 0.617 bits per heavy atom. The number of carboxylic acids is 2. The molecule has 0 aromatic heterocycles. The zero-order chi connectivity index (χ0) is 45.9. The molecule has 1 rings (SSSR count). The molecule has 0 saturated heterocycles. The van der Waals surface area contributed by atoms with Gasteiger partial charge < -0.3 is 74.8 Å². The minimum Gasteiger partial charge on any atom is -0.508 e. The summed E-state index contributed by atoms with van der Waals surface area (Å²) in [6.45, 7) is 2.72.